The van der Waals surface area contributed by atoms with Crippen molar-refractivity contribution in [3.05, 3.63) is 115 Å². The van der Waals surface area contributed by atoms with Crippen LogP contribution in [0.5, 0.6) is 5.75 Å². The number of aliphatic hydroxyl groups excluding tert-OH is 2. The Balaban J connectivity index is -0.0000000557. The van der Waals surface area contributed by atoms with Crippen molar-refractivity contribution in [2.45, 2.75) is 139 Å². The van der Waals surface area contributed by atoms with E-state index in [4.69, 9.17) is 36.6 Å². The van der Waals surface area contributed by atoms with Crippen molar-refractivity contribution < 1.29 is 184 Å². The molecule has 67 heavy (non-hydrogen) atoms. The van der Waals surface area contributed by atoms with Gasteiger partial charge in [0.1, 0.15) is 5.75 Å². The van der Waals surface area contributed by atoms with Gasteiger partial charge in [-0.05, 0) is 158 Å². The van der Waals surface area contributed by atoms with E-state index in [1.54, 1.807) is 51.2 Å². The summed E-state index contributed by atoms with van der Waals surface area (Å²) < 4.78 is 8.78. The molecule has 368 valence electrons. The normalized spacial score (nSPS) is 15.5. The van der Waals surface area contributed by atoms with Gasteiger partial charge in [0.15, 0.2) is 0 Å². The third kappa shape index (κ3) is 50.7. The Hall–Kier alpha value is 2.80. The minimum Gasteiger partial charge on any atom is -1.00 e. The molecular formula is C45H75BBr4ClK2N6NaO6V-. The van der Waals surface area contributed by atoms with E-state index in [1.807, 2.05) is 30.6 Å². The molecule has 3 N–H and O–H groups in total. The Morgan fingerprint density at radius 3 is 1.37 bits per heavy atom. The summed E-state index contributed by atoms with van der Waals surface area (Å²) in [5, 5.41) is 27.5. The van der Waals surface area contributed by atoms with E-state index in [-0.39, 0.29) is 198 Å². The van der Waals surface area contributed by atoms with Crippen LogP contribution >= 0.6 is 75.3 Å². The topological polar surface area (TPSA) is 166 Å². The SMILES string of the molecule is C.C.C.CO.COc1cncc(Br)c1.C[C@@H]1CCC[C@H](C)N1.C[C@@H]1CCC[C@H](C)N1Cc1cncc(Br)c1.ClCc1cncc(Br)c1.O=CO[O-].OCc1cncc(Br)c1.[B].[CH2-]C.[H-].[H-].[K+].[K+].[Na+].[V]. The molecule has 4 radical (unpaired) electrons. The molecule has 4 aromatic heterocycles. The molecule has 12 nitrogen and oxygen atoms in total. The maximum Gasteiger partial charge on any atom is 1.00 e. The van der Waals surface area contributed by atoms with Gasteiger partial charge >= 0.3 is 132 Å². The molecule has 0 unspecified atom stereocenters. The quantitative estimate of drug-likeness (QED) is 0.0647. The standard InChI is InChI=1S/C13H19BrN2.C7H15N.C6H5BrClN.2C6H6BrNO.C2H5.CH2O3.CH4O.3CH4.B.2K.Na.V.2H/c1-10-4-3-5-11(2)16(10)9-12-6-13(14)8-15-7-12;1-6-4-3-5-7(2)8-6;7-6-1-5(2-8)3-9-4-6;1-9-6-2-5(7)3-8-4-6;7-6-1-5(4-9)2-8-3-6;1-2;2-1-4-3;1-2;;;;;;;;;;/h6-8,10-11H,3-5,9H2,1-2H3;6-8H,3-5H2,1-2H3;1,3-4H,2H2;2-4H,1H3;1-3,9H,4H2;1H2,2H3;1,3H;2H,1H3;3*1H4;;;;;;;/q;;;;;-1;;;;;;;3*+1;;2*-1/p-1/t10-,11+;6-,7+;;;;;;;;;;;;;;;;. The third-order valence-electron chi connectivity index (χ3n) is 8.16. The summed E-state index contributed by atoms with van der Waals surface area (Å²) in [4.78, 5) is 29.7. The zero-order chi connectivity index (χ0) is 45.0. The smallest absolute Gasteiger partial charge is 1.00 e. The molecule has 6 heterocycles. The van der Waals surface area contributed by atoms with E-state index in [1.165, 1.54) is 44.1 Å². The van der Waals surface area contributed by atoms with Gasteiger partial charge in [0.25, 0.3) is 6.47 Å². The van der Waals surface area contributed by atoms with Crippen LogP contribution in [0.3, 0.4) is 0 Å². The van der Waals surface area contributed by atoms with Crippen LogP contribution in [0.1, 0.15) is 115 Å². The second kappa shape index (κ2) is 63.1. The maximum absolute atomic E-state index is 8.64. The van der Waals surface area contributed by atoms with Gasteiger partial charge in [0, 0.05) is 132 Å². The van der Waals surface area contributed by atoms with Crippen LogP contribution in [-0.2, 0) is 47.3 Å². The summed E-state index contributed by atoms with van der Waals surface area (Å²) in [7, 11) is 2.61. The number of hydrogen-bond acceptors (Lipinski definition) is 12. The molecule has 4 aromatic rings. The summed E-state index contributed by atoms with van der Waals surface area (Å²) in [5.74, 6) is 1.29. The first-order valence-corrected chi connectivity index (χ1v) is 22.5. The summed E-state index contributed by atoms with van der Waals surface area (Å²) >= 11 is 18.8. The number of carbonyl (C=O) groups excluding carboxylic acids is 1. The van der Waals surface area contributed by atoms with Crippen LogP contribution in [0.4, 0.5) is 0 Å². The van der Waals surface area contributed by atoms with E-state index >= 15 is 0 Å². The van der Waals surface area contributed by atoms with Crippen LogP contribution in [0.15, 0.2) is 91.7 Å². The number of ether oxygens (including phenoxy) is 1. The van der Waals surface area contributed by atoms with E-state index in [9.17, 15) is 0 Å². The van der Waals surface area contributed by atoms with Crippen molar-refractivity contribution in [3.63, 3.8) is 0 Å². The van der Waals surface area contributed by atoms with Crippen molar-refractivity contribution in [1.82, 2.24) is 30.2 Å². The zero-order valence-corrected chi connectivity index (χ0v) is 55.8. The number of carbonyl (C=O) groups is 1. The number of methoxy groups -OCH3 is 1. The molecular weight excluding hydrogens is 1240 g/mol. The number of aliphatic hydroxyl groups is 2. The molecule has 0 amide bonds. The van der Waals surface area contributed by atoms with Gasteiger partial charge < -0.3 is 40.2 Å². The molecule has 2 saturated heterocycles. The molecule has 0 spiro atoms. The molecule has 0 bridgehead atoms. The molecule has 0 aliphatic carbocycles. The van der Waals surface area contributed by atoms with Gasteiger partial charge in [-0.2, -0.15) is 6.92 Å². The first-order valence-electron chi connectivity index (χ1n) is 18.8. The monoisotopic (exact) mass is 1310 g/mol. The van der Waals surface area contributed by atoms with Crippen molar-refractivity contribution in [3.8, 4) is 5.75 Å². The van der Waals surface area contributed by atoms with Crippen molar-refractivity contribution >= 4 is 90.2 Å². The summed E-state index contributed by atoms with van der Waals surface area (Å²) in [6.07, 6.45) is 22.1. The first kappa shape index (κ1) is 92.4. The number of hydrogen-bond donors (Lipinski definition) is 3. The van der Waals surface area contributed by atoms with Gasteiger partial charge in [0.2, 0.25) is 0 Å². The second-order valence-corrected chi connectivity index (χ2v) is 16.7. The van der Waals surface area contributed by atoms with E-state index in [2.05, 4.69) is 139 Å². The number of likely N-dealkylation sites (tertiary alicyclic amines) is 1. The summed E-state index contributed by atoms with van der Waals surface area (Å²) in [6, 6.07) is 10.7. The van der Waals surface area contributed by atoms with Gasteiger partial charge in [-0.3, -0.25) is 29.6 Å². The fraction of sp³-hybridized carbons (Fsp3) is 0.511. The Morgan fingerprint density at radius 2 is 1.09 bits per heavy atom. The average molecular weight is 1310 g/mol. The Kier molecular flexibility index (Phi) is 87.0. The number of halogens is 5. The number of pyridine rings is 4. The van der Waals surface area contributed by atoms with Crippen molar-refractivity contribution in [2.75, 3.05) is 14.2 Å². The fourth-order valence-corrected chi connectivity index (χ4v) is 7.22. The molecule has 2 fully saturated rings. The summed E-state index contributed by atoms with van der Waals surface area (Å²) in [6.45, 7) is 15.1. The molecule has 2 aliphatic rings. The molecule has 0 aromatic carbocycles. The third-order valence-corrected chi connectivity index (χ3v) is 10.2. The Labute approximate surface area is 568 Å². The molecule has 0 saturated carbocycles. The van der Waals surface area contributed by atoms with Gasteiger partial charge in [-0.1, -0.05) is 35.1 Å². The predicted molar refractivity (Wildman–Crippen MR) is 279 cm³/mol. The van der Waals surface area contributed by atoms with Gasteiger partial charge in [-0.25, -0.2) is 0 Å². The van der Waals surface area contributed by atoms with Crippen molar-refractivity contribution in [2.24, 2.45) is 0 Å². The van der Waals surface area contributed by atoms with Crippen LogP contribution in [0.25, 0.3) is 0 Å². The summed E-state index contributed by atoms with van der Waals surface area (Å²) in [5.41, 5.74) is 3.16. The molecule has 4 atom stereocenters. The van der Waals surface area contributed by atoms with Crippen LogP contribution in [0.2, 0.25) is 0 Å². The fourth-order valence-electron chi connectivity index (χ4n) is 5.50. The number of aromatic nitrogens is 4. The molecule has 22 heteroatoms. The Morgan fingerprint density at radius 1 is 0.746 bits per heavy atom. The van der Waals surface area contributed by atoms with Crippen LogP contribution in [0, 0.1) is 6.92 Å². The zero-order valence-electron chi connectivity index (χ0n) is 41.1. The predicted octanol–water partition coefficient (Wildman–Crippen LogP) is 2.56. The average Bonchev–Trinajstić information content (AvgIpc) is 3.24. The van der Waals surface area contributed by atoms with E-state index in [0.29, 0.717) is 18.0 Å². The number of piperidine rings is 2. The largest absolute Gasteiger partial charge is 1.00 e. The first-order chi connectivity index (χ1) is 28.3. The number of rotatable bonds is 6. The second-order valence-electron chi connectivity index (χ2n) is 12.8. The minimum atomic E-state index is -0.181. The van der Waals surface area contributed by atoms with Gasteiger partial charge in [-0.15, -0.1) is 11.6 Å². The van der Waals surface area contributed by atoms with E-state index in [0.717, 1.165) is 60.5 Å². The minimum absolute atomic E-state index is 0. The maximum atomic E-state index is 8.64. The molecule has 2 aliphatic heterocycles. The molecule has 6 rings (SSSR count). The number of nitrogens with zero attached hydrogens (tertiary/aromatic N) is 5. The van der Waals surface area contributed by atoms with Crippen LogP contribution in [-0.4, -0.2) is 88.3 Å². The number of nitrogens with one attached hydrogen (secondary N) is 1. The van der Waals surface area contributed by atoms with Crippen LogP contribution < -0.4 is 148 Å². The Bertz CT molecular complexity index is 1550. The van der Waals surface area contributed by atoms with Gasteiger partial charge in [0.05, 0.1) is 19.9 Å². The van der Waals surface area contributed by atoms with E-state index < -0.39 is 0 Å². The van der Waals surface area contributed by atoms with Crippen molar-refractivity contribution in [1.29, 1.82) is 0 Å². The number of alkyl halides is 1.